The number of imide groups is 1. The standard InChI is InChI=1S/C35H28N2O5/c1-19-7-9-22(10-8-19)32(38)20(2)42-35(41)27-18-29(36-28-6-4-3-5-26(27)28)21-13-15-25(16-14-21)37-33(39)30-23-11-12-24(17-23)31(30)34(37)40/h3-16,18,20,23-24,30-31H,17H2,1-2H3. The van der Waals surface area contributed by atoms with Crippen LogP contribution in [0.5, 0.6) is 0 Å². The maximum Gasteiger partial charge on any atom is 0.339 e. The first-order valence-electron chi connectivity index (χ1n) is 14.2. The van der Waals surface area contributed by atoms with Gasteiger partial charge >= 0.3 is 5.97 Å². The summed E-state index contributed by atoms with van der Waals surface area (Å²) in [6.45, 7) is 3.51. The molecular weight excluding hydrogens is 528 g/mol. The molecule has 1 aliphatic heterocycles. The summed E-state index contributed by atoms with van der Waals surface area (Å²) in [5.74, 6) is -1.38. The number of carbonyl (C=O) groups excluding carboxylic acids is 4. The maximum absolute atomic E-state index is 13.4. The third-order valence-electron chi connectivity index (χ3n) is 8.82. The molecule has 0 N–H and O–H groups in total. The monoisotopic (exact) mass is 556 g/mol. The van der Waals surface area contributed by atoms with Crippen LogP contribution in [0.25, 0.3) is 22.2 Å². The van der Waals surface area contributed by atoms with Crippen molar-refractivity contribution in [1.82, 2.24) is 4.98 Å². The predicted octanol–water partition coefficient (Wildman–Crippen LogP) is 5.95. The first-order valence-corrected chi connectivity index (χ1v) is 14.2. The van der Waals surface area contributed by atoms with E-state index in [1.54, 1.807) is 55.5 Å². The van der Waals surface area contributed by atoms with Crippen LogP contribution in [0.2, 0.25) is 0 Å². The minimum atomic E-state index is -0.977. The molecule has 2 aliphatic carbocycles. The molecule has 208 valence electrons. The Labute approximate surface area is 242 Å². The largest absolute Gasteiger partial charge is 0.451 e. The van der Waals surface area contributed by atoms with Crippen molar-refractivity contribution in [2.45, 2.75) is 26.4 Å². The molecule has 2 heterocycles. The number of pyridine rings is 1. The molecule has 7 heteroatoms. The second-order valence-electron chi connectivity index (χ2n) is 11.4. The van der Waals surface area contributed by atoms with Crippen LogP contribution in [-0.4, -0.2) is 34.7 Å². The minimum absolute atomic E-state index is 0.127. The van der Waals surface area contributed by atoms with E-state index >= 15 is 0 Å². The van der Waals surface area contributed by atoms with E-state index in [1.165, 1.54) is 4.90 Å². The smallest absolute Gasteiger partial charge is 0.339 e. The van der Waals surface area contributed by atoms with E-state index in [4.69, 9.17) is 9.72 Å². The third-order valence-corrected chi connectivity index (χ3v) is 8.82. The molecule has 7 rings (SSSR count). The highest BCUT2D eigenvalue weighted by molar-refractivity contribution is 6.22. The van der Waals surface area contributed by atoms with E-state index in [0.717, 1.165) is 12.0 Å². The summed E-state index contributed by atoms with van der Waals surface area (Å²) >= 11 is 0. The molecule has 2 fully saturated rings. The number of rotatable bonds is 6. The Bertz CT molecular complexity index is 1780. The van der Waals surface area contributed by atoms with Gasteiger partial charge in [0.25, 0.3) is 0 Å². The Kier molecular flexibility index (Phi) is 6.12. The number of carbonyl (C=O) groups is 4. The second-order valence-corrected chi connectivity index (χ2v) is 11.4. The molecular formula is C35H28N2O5. The first-order chi connectivity index (χ1) is 20.3. The summed E-state index contributed by atoms with van der Waals surface area (Å²) in [6.07, 6.45) is 4.07. The zero-order chi connectivity index (χ0) is 29.1. The van der Waals surface area contributed by atoms with Crippen molar-refractivity contribution in [1.29, 1.82) is 0 Å². The number of ketones is 1. The fraction of sp³-hybridized carbons (Fsp3) is 0.229. The predicted molar refractivity (Wildman–Crippen MR) is 158 cm³/mol. The minimum Gasteiger partial charge on any atom is -0.451 e. The lowest BCUT2D eigenvalue weighted by atomic mass is 9.85. The van der Waals surface area contributed by atoms with Crippen LogP contribution < -0.4 is 4.90 Å². The van der Waals surface area contributed by atoms with Crippen LogP contribution >= 0.6 is 0 Å². The molecule has 1 saturated heterocycles. The maximum atomic E-state index is 13.4. The molecule has 0 radical (unpaired) electrons. The number of ether oxygens (including phenoxy) is 1. The van der Waals surface area contributed by atoms with Crippen molar-refractivity contribution in [3.63, 3.8) is 0 Å². The number of fused-ring (bicyclic) bond motifs is 6. The van der Waals surface area contributed by atoms with Crippen molar-refractivity contribution in [2.75, 3.05) is 4.90 Å². The molecule has 1 saturated carbocycles. The summed E-state index contributed by atoms with van der Waals surface area (Å²) in [6, 6.07) is 23.1. The van der Waals surface area contributed by atoms with Crippen LogP contribution in [0.15, 0.2) is 91.0 Å². The number of aromatic nitrogens is 1. The summed E-state index contributed by atoms with van der Waals surface area (Å²) in [4.78, 5) is 58.9. The molecule has 5 unspecified atom stereocenters. The van der Waals surface area contributed by atoms with Crippen LogP contribution in [0.3, 0.4) is 0 Å². The van der Waals surface area contributed by atoms with E-state index in [0.29, 0.717) is 39.0 Å². The first kappa shape index (κ1) is 26.0. The van der Waals surface area contributed by atoms with Gasteiger partial charge in [0, 0.05) is 16.5 Å². The van der Waals surface area contributed by atoms with Crippen molar-refractivity contribution in [3.05, 3.63) is 108 Å². The number of anilines is 1. The van der Waals surface area contributed by atoms with Gasteiger partial charge < -0.3 is 4.74 Å². The average Bonchev–Trinajstić information content (AvgIpc) is 3.70. The number of nitrogens with zero attached hydrogens (tertiary/aromatic N) is 2. The highest BCUT2D eigenvalue weighted by atomic mass is 16.5. The SMILES string of the molecule is Cc1ccc(C(=O)C(C)OC(=O)c2cc(-c3ccc(N4C(=O)C5C6C=CC(C6)C5C4=O)cc3)nc3ccccc23)cc1. The molecule has 2 bridgehead atoms. The number of esters is 1. The van der Waals surface area contributed by atoms with Gasteiger partial charge in [-0.1, -0.05) is 72.3 Å². The fourth-order valence-corrected chi connectivity index (χ4v) is 6.66. The van der Waals surface area contributed by atoms with Gasteiger partial charge in [0.1, 0.15) is 0 Å². The van der Waals surface area contributed by atoms with E-state index in [1.807, 2.05) is 37.3 Å². The van der Waals surface area contributed by atoms with Crippen molar-refractivity contribution < 1.29 is 23.9 Å². The summed E-state index contributed by atoms with van der Waals surface area (Å²) in [5, 5.41) is 0.612. The summed E-state index contributed by atoms with van der Waals surface area (Å²) in [7, 11) is 0. The lowest BCUT2D eigenvalue weighted by Crippen LogP contribution is -2.32. The molecule has 2 amide bonds. The Morgan fingerprint density at radius 2 is 1.52 bits per heavy atom. The summed E-state index contributed by atoms with van der Waals surface area (Å²) in [5.41, 5.74) is 4.18. The molecule has 3 aliphatic rings. The quantitative estimate of drug-likeness (QED) is 0.126. The average molecular weight is 557 g/mol. The van der Waals surface area contributed by atoms with E-state index in [9.17, 15) is 19.2 Å². The Morgan fingerprint density at radius 3 is 2.19 bits per heavy atom. The molecule has 1 aromatic heterocycles. The number of Topliss-reactive ketones (excluding diaryl/α,β-unsaturated/α-hetero) is 1. The number of hydrogen-bond acceptors (Lipinski definition) is 6. The Balaban J connectivity index is 1.16. The number of para-hydroxylation sites is 1. The highest BCUT2D eigenvalue weighted by Crippen LogP contribution is 2.53. The number of allylic oxidation sites excluding steroid dienone is 2. The van der Waals surface area contributed by atoms with Crippen LogP contribution in [0.4, 0.5) is 5.69 Å². The van der Waals surface area contributed by atoms with Gasteiger partial charge in [0.15, 0.2) is 6.10 Å². The number of hydrogen-bond donors (Lipinski definition) is 0. The molecule has 7 nitrogen and oxygen atoms in total. The van der Waals surface area contributed by atoms with Crippen molar-refractivity contribution >= 4 is 40.2 Å². The number of amides is 2. The van der Waals surface area contributed by atoms with E-state index < -0.39 is 12.1 Å². The summed E-state index contributed by atoms with van der Waals surface area (Å²) < 4.78 is 5.65. The normalized spacial score (nSPS) is 23.0. The Hall–Kier alpha value is -4.91. The van der Waals surface area contributed by atoms with E-state index in [-0.39, 0.29) is 41.3 Å². The van der Waals surface area contributed by atoms with Gasteiger partial charge in [0.05, 0.1) is 34.3 Å². The lowest BCUT2D eigenvalue weighted by molar-refractivity contribution is -0.123. The van der Waals surface area contributed by atoms with Crippen molar-refractivity contribution in [3.8, 4) is 11.3 Å². The van der Waals surface area contributed by atoms with Gasteiger partial charge in [0.2, 0.25) is 17.6 Å². The zero-order valence-corrected chi connectivity index (χ0v) is 23.2. The second kappa shape index (κ2) is 9.87. The number of benzene rings is 3. The zero-order valence-electron chi connectivity index (χ0n) is 23.2. The molecule has 3 aromatic carbocycles. The van der Waals surface area contributed by atoms with Crippen LogP contribution in [0.1, 0.15) is 39.6 Å². The van der Waals surface area contributed by atoms with Gasteiger partial charge in [-0.3, -0.25) is 19.3 Å². The Morgan fingerprint density at radius 1 is 0.881 bits per heavy atom. The van der Waals surface area contributed by atoms with Crippen LogP contribution in [0, 0.1) is 30.6 Å². The van der Waals surface area contributed by atoms with Gasteiger partial charge in [-0.15, -0.1) is 0 Å². The molecule has 5 atom stereocenters. The number of aryl methyl sites for hydroxylation is 1. The van der Waals surface area contributed by atoms with Gasteiger partial charge in [-0.2, -0.15) is 0 Å². The highest BCUT2D eigenvalue weighted by Gasteiger charge is 2.59. The molecule has 42 heavy (non-hydrogen) atoms. The van der Waals surface area contributed by atoms with Gasteiger partial charge in [-0.25, -0.2) is 9.78 Å². The molecule has 0 spiro atoms. The van der Waals surface area contributed by atoms with Crippen LogP contribution in [-0.2, 0) is 14.3 Å². The lowest BCUT2D eigenvalue weighted by Gasteiger charge is -2.18. The molecule has 4 aromatic rings. The fourth-order valence-electron chi connectivity index (χ4n) is 6.66. The van der Waals surface area contributed by atoms with E-state index in [2.05, 4.69) is 12.2 Å². The third kappa shape index (κ3) is 4.15. The van der Waals surface area contributed by atoms with Gasteiger partial charge in [-0.05, 0) is 56.4 Å². The van der Waals surface area contributed by atoms with Crippen molar-refractivity contribution in [2.24, 2.45) is 23.7 Å². The topological polar surface area (TPSA) is 93.6 Å².